The largest absolute Gasteiger partial charge is 0.451 e. The summed E-state index contributed by atoms with van der Waals surface area (Å²) in [7, 11) is 0. The average Bonchev–Trinajstić information content (AvgIpc) is 3.07. The van der Waals surface area contributed by atoms with E-state index in [1.54, 1.807) is 19.1 Å². The molecule has 0 unspecified atom stereocenters. The van der Waals surface area contributed by atoms with Crippen molar-refractivity contribution in [3.63, 3.8) is 0 Å². The number of rotatable bonds is 6. The molecule has 1 heterocycles. The van der Waals surface area contributed by atoms with Gasteiger partial charge >= 0.3 is 5.97 Å². The zero-order valence-corrected chi connectivity index (χ0v) is 17.1. The van der Waals surface area contributed by atoms with Gasteiger partial charge in [0.25, 0.3) is 5.91 Å². The molecular weight excluding hydrogens is 396 g/mol. The van der Waals surface area contributed by atoms with Crippen LogP contribution in [0, 0.1) is 13.8 Å². The molecule has 1 amide bonds. The summed E-state index contributed by atoms with van der Waals surface area (Å²) in [5.74, 6) is -0.914. The number of nitrogens with zero attached hydrogens (tertiary/aromatic N) is 1. The minimum Gasteiger partial charge on any atom is -0.451 e. The Kier molecular flexibility index (Phi) is 6.44. The van der Waals surface area contributed by atoms with Crippen molar-refractivity contribution >= 4 is 34.8 Å². The van der Waals surface area contributed by atoms with E-state index in [1.807, 2.05) is 43.3 Å². The number of aryl methyl sites for hydroxylation is 2. The Balaban J connectivity index is 1.57. The normalized spacial score (nSPS) is 10.5. The van der Waals surface area contributed by atoms with Crippen molar-refractivity contribution in [1.29, 1.82) is 0 Å². The summed E-state index contributed by atoms with van der Waals surface area (Å²) in [5.41, 5.74) is 3.50. The summed E-state index contributed by atoms with van der Waals surface area (Å²) >= 11 is 7.23. The number of hydrogen-bond donors (Lipinski definition) is 1. The van der Waals surface area contributed by atoms with Crippen molar-refractivity contribution in [2.24, 2.45) is 0 Å². The molecule has 0 aliphatic heterocycles. The van der Waals surface area contributed by atoms with Gasteiger partial charge in [-0.1, -0.05) is 48.0 Å². The number of hydrogen-bond acceptors (Lipinski definition) is 5. The maximum atomic E-state index is 12.4. The molecule has 0 spiro atoms. The van der Waals surface area contributed by atoms with Gasteiger partial charge < -0.3 is 10.1 Å². The van der Waals surface area contributed by atoms with Gasteiger partial charge in [-0.15, -0.1) is 11.3 Å². The van der Waals surface area contributed by atoms with Gasteiger partial charge in [0.15, 0.2) is 6.61 Å². The Labute approximate surface area is 172 Å². The van der Waals surface area contributed by atoms with Gasteiger partial charge in [0.2, 0.25) is 0 Å². The first kappa shape index (κ1) is 20.0. The van der Waals surface area contributed by atoms with Crippen LogP contribution in [-0.4, -0.2) is 23.5 Å². The summed E-state index contributed by atoms with van der Waals surface area (Å²) in [6.45, 7) is 3.76. The Hall–Kier alpha value is -2.70. The molecule has 3 rings (SSSR count). The molecule has 3 aromatic rings. The molecule has 0 atom stereocenters. The zero-order chi connectivity index (χ0) is 20.1. The molecule has 0 bridgehead atoms. The number of amides is 1. The van der Waals surface area contributed by atoms with Gasteiger partial charge in [0.05, 0.1) is 5.69 Å². The fourth-order valence-corrected chi connectivity index (χ4v) is 3.73. The van der Waals surface area contributed by atoms with Crippen molar-refractivity contribution in [3.8, 4) is 10.6 Å². The number of aromatic nitrogens is 1. The number of benzene rings is 2. The standard InChI is InChI=1S/C21H19ClN2O3S/c1-13-6-3-4-7-16(13)11-23-18(25)12-27-21(26)19-14(2)24-20(28-19)15-8-5-9-17(22)10-15/h3-10H,11-12H2,1-2H3,(H,23,25). The molecule has 7 heteroatoms. The lowest BCUT2D eigenvalue weighted by atomic mass is 10.1. The third-order valence-electron chi connectivity index (χ3n) is 4.13. The topological polar surface area (TPSA) is 68.3 Å². The molecule has 5 nitrogen and oxygen atoms in total. The van der Waals surface area contributed by atoms with E-state index in [1.165, 1.54) is 11.3 Å². The number of halogens is 1. The maximum absolute atomic E-state index is 12.4. The summed E-state index contributed by atoms with van der Waals surface area (Å²) in [6.07, 6.45) is 0. The first-order chi connectivity index (χ1) is 13.4. The van der Waals surface area contributed by atoms with Crippen molar-refractivity contribution in [2.75, 3.05) is 6.61 Å². The van der Waals surface area contributed by atoms with Crippen LogP contribution in [0.15, 0.2) is 48.5 Å². The minimum atomic E-state index is -0.561. The van der Waals surface area contributed by atoms with Crippen LogP contribution < -0.4 is 5.32 Å². The van der Waals surface area contributed by atoms with E-state index in [4.69, 9.17) is 16.3 Å². The van der Waals surface area contributed by atoms with Gasteiger partial charge in [-0.25, -0.2) is 9.78 Å². The summed E-state index contributed by atoms with van der Waals surface area (Å²) in [6, 6.07) is 15.0. The Bertz CT molecular complexity index is 1020. The smallest absolute Gasteiger partial charge is 0.350 e. The highest BCUT2D eigenvalue weighted by molar-refractivity contribution is 7.17. The van der Waals surface area contributed by atoms with Crippen molar-refractivity contribution in [1.82, 2.24) is 10.3 Å². The molecule has 1 N–H and O–H groups in total. The van der Waals surface area contributed by atoms with Crippen LogP contribution >= 0.6 is 22.9 Å². The fraction of sp³-hybridized carbons (Fsp3) is 0.190. The quantitative estimate of drug-likeness (QED) is 0.600. The number of carbonyl (C=O) groups is 2. The molecule has 144 valence electrons. The highest BCUT2D eigenvalue weighted by Crippen LogP contribution is 2.29. The van der Waals surface area contributed by atoms with Crippen LogP contribution in [0.1, 0.15) is 26.5 Å². The molecule has 1 aromatic heterocycles. The van der Waals surface area contributed by atoms with E-state index in [2.05, 4.69) is 10.3 Å². The predicted octanol–water partition coefficient (Wildman–Crippen LogP) is 4.55. The fourth-order valence-electron chi connectivity index (χ4n) is 2.58. The molecule has 0 fully saturated rings. The van der Waals surface area contributed by atoms with Crippen molar-refractivity contribution < 1.29 is 14.3 Å². The lowest BCUT2D eigenvalue weighted by molar-refractivity contribution is -0.124. The molecule has 0 radical (unpaired) electrons. The highest BCUT2D eigenvalue weighted by Gasteiger charge is 2.18. The first-order valence-electron chi connectivity index (χ1n) is 8.65. The van der Waals surface area contributed by atoms with Crippen LogP contribution in [-0.2, 0) is 16.1 Å². The van der Waals surface area contributed by atoms with Gasteiger partial charge in [-0.2, -0.15) is 0 Å². The number of nitrogens with one attached hydrogen (secondary N) is 1. The molecule has 2 aromatic carbocycles. The van der Waals surface area contributed by atoms with E-state index in [-0.39, 0.29) is 12.5 Å². The molecule has 28 heavy (non-hydrogen) atoms. The SMILES string of the molecule is Cc1ccccc1CNC(=O)COC(=O)c1sc(-c2cccc(Cl)c2)nc1C. The lowest BCUT2D eigenvalue weighted by Crippen LogP contribution is -2.28. The molecule has 0 aliphatic carbocycles. The van der Waals surface area contributed by atoms with Crippen LogP contribution in [0.2, 0.25) is 5.02 Å². The lowest BCUT2D eigenvalue weighted by Gasteiger charge is -2.08. The van der Waals surface area contributed by atoms with Crippen LogP contribution in [0.25, 0.3) is 10.6 Å². The summed E-state index contributed by atoms with van der Waals surface area (Å²) < 4.78 is 5.16. The molecular formula is C21H19ClN2O3S. The first-order valence-corrected chi connectivity index (χ1v) is 9.85. The second kappa shape index (κ2) is 8.99. The van der Waals surface area contributed by atoms with Crippen LogP contribution in [0.3, 0.4) is 0 Å². The second-order valence-corrected chi connectivity index (χ2v) is 7.66. The molecule has 0 aliphatic rings. The summed E-state index contributed by atoms with van der Waals surface area (Å²) in [4.78, 5) is 29.1. The molecule has 0 saturated heterocycles. The van der Waals surface area contributed by atoms with Gasteiger partial charge in [0.1, 0.15) is 9.88 Å². The maximum Gasteiger partial charge on any atom is 0.350 e. The highest BCUT2D eigenvalue weighted by atomic mass is 35.5. The van der Waals surface area contributed by atoms with E-state index in [0.717, 1.165) is 16.7 Å². The van der Waals surface area contributed by atoms with E-state index in [9.17, 15) is 9.59 Å². The predicted molar refractivity (Wildman–Crippen MR) is 111 cm³/mol. The number of thiazole rings is 1. The van der Waals surface area contributed by atoms with E-state index in [0.29, 0.717) is 27.1 Å². The average molecular weight is 415 g/mol. The van der Waals surface area contributed by atoms with Gasteiger partial charge in [-0.05, 0) is 37.1 Å². The third-order valence-corrected chi connectivity index (χ3v) is 5.55. The van der Waals surface area contributed by atoms with Crippen LogP contribution in [0.5, 0.6) is 0 Å². The van der Waals surface area contributed by atoms with Crippen molar-refractivity contribution in [2.45, 2.75) is 20.4 Å². The minimum absolute atomic E-state index is 0.339. The number of ether oxygens (including phenoxy) is 1. The Morgan fingerprint density at radius 1 is 1.14 bits per heavy atom. The van der Waals surface area contributed by atoms with Crippen molar-refractivity contribution in [3.05, 3.63) is 75.3 Å². The Morgan fingerprint density at radius 2 is 1.93 bits per heavy atom. The third kappa shape index (κ3) is 4.97. The number of esters is 1. The van der Waals surface area contributed by atoms with E-state index >= 15 is 0 Å². The summed E-state index contributed by atoms with van der Waals surface area (Å²) in [5, 5.41) is 4.03. The molecule has 0 saturated carbocycles. The van der Waals surface area contributed by atoms with Gasteiger partial charge in [-0.3, -0.25) is 4.79 Å². The van der Waals surface area contributed by atoms with Gasteiger partial charge in [0, 0.05) is 17.1 Å². The second-order valence-electron chi connectivity index (χ2n) is 6.22. The van der Waals surface area contributed by atoms with E-state index < -0.39 is 5.97 Å². The monoisotopic (exact) mass is 414 g/mol. The van der Waals surface area contributed by atoms with Crippen LogP contribution in [0.4, 0.5) is 0 Å². The number of carbonyl (C=O) groups excluding carboxylic acids is 2. The Morgan fingerprint density at radius 3 is 2.68 bits per heavy atom. The zero-order valence-electron chi connectivity index (χ0n) is 15.5.